The highest BCUT2D eigenvalue weighted by Crippen LogP contribution is 2.40. The van der Waals surface area contributed by atoms with Crippen LogP contribution in [0.25, 0.3) is 0 Å². The highest BCUT2D eigenvalue weighted by atomic mass is 16.5. The molecule has 1 spiro atoms. The van der Waals surface area contributed by atoms with Crippen LogP contribution in [-0.4, -0.2) is 72.9 Å². The molecule has 2 fully saturated rings. The van der Waals surface area contributed by atoms with Crippen molar-refractivity contribution < 1.29 is 23.9 Å². The zero-order valence-electron chi connectivity index (χ0n) is 18.0. The van der Waals surface area contributed by atoms with Crippen LogP contribution < -0.4 is 4.74 Å². The number of fused-ring (bicyclic) bond motifs is 1. The van der Waals surface area contributed by atoms with Crippen LogP contribution in [0.3, 0.4) is 0 Å². The first kappa shape index (κ1) is 20.8. The minimum atomic E-state index is -0.529. The van der Waals surface area contributed by atoms with Crippen molar-refractivity contribution in [2.24, 2.45) is 5.92 Å². The fraction of sp³-hybridized carbons (Fsp3) is 0.609. The van der Waals surface area contributed by atoms with Gasteiger partial charge < -0.3 is 19.3 Å². The SMILES string of the molecule is COCCN1CC(C(=O)N2CCC3(CC2)CC(=O)c2cc(C)c(C)cc2O3)CC1=O. The number of piperidine rings is 1. The van der Waals surface area contributed by atoms with E-state index in [1.165, 1.54) is 0 Å². The Labute approximate surface area is 177 Å². The molecule has 7 heteroatoms. The Hall–Kier alpha value is -2.41. The van der Waals surface area contributed by atoms with E-state index in [1.54, 1.807) is 12.0 Å². The van der Waals surface area contributed by atoms with E-state index in [0.29, 0.717) is 63.4 Å². The topological polar surface area (TPSA) is 76.2 Å². The van der Waals surface area contributed by atoms with Crippen LogP contribution in [0.15, 0.2) is 12.1 Å². The molecule has 7 nitrogen and oxygen atoms in total. The lowest BCUT2D eigenvalue weighted by molar-refractivity contribution is -0.139. The molecule has 1 aromatic carbocycles. The van der Waals surface area contributed by atoms with Crippen LogP contribution in [0.2, 0.25) is 0 Å². The summed E-state index contributed by atoms with van der Waals surface area (Å²) < 4.78 is 11.4. The molecule has 3 aliphatic heterocycles. The average molecular weight is 415 g/mol. The average Bonchev–Trinajstić information content (AvgIpc) is 3.09. The molecule has 1 unspecified atom stereocenters. The van der Waals surface area contributed by atoms with Gasteiger partial charge in [0.25, 0.3) is 0 Å². The van der Waals surface area contributed by atoms with E-state index in [4.69, 9.17) is 9.47 Å². The van der Waals surface area contributed by atoms with Crippen molar-refractivity contribution >= 4 is 17.6 Å². The van der Waals surface area contributed by atoms with E-state index < -0.39 is 5.60 Å². The normalized spacial score (nSPS) is 23.0. The second-order valence-corrected chi connectivity index (χ2v) is 8.88. The van der Waals surface area contributed by atoms with Crippen molar-refractivity contribution in [3.63, 3.8) is 0 Å². The number of likely N-dealkylation sites (tertiary alicyclic amines) is 2. The van der Waals surface area contributed by atoms with Gasteiger partial charge in [-0.2, -0.15) is 0 Å². The van der Waals surface area contributed by atoms with E-state index >= 15 is 0 Å². The number of hydrogen-bond donors (Lipinski definition) is 0. The predicted molar refractivity (Wildman–Crippen MR) is 111 cm³/mol. The number of ketones is 1. The third kappa shape index (κ3) is 3.83. The Bertz CT molecular complexity index is 873. The lowest BCUT2D eigenvalue weighted by Crippen LogP contribution is -2.53. The molecule has 30 heavy (non-hydrogen) atoms. The molecule has 2 amide bonds. The molecule has 1 atom stereocenters. The highest BCUT2D eigenvalue weighted by Gasteiger charge is 2.45. The van der Waals surface area contributed by atoms with Crippen molar-refractivity contribution in [2.45, 2.75) is 45.1 Å². The monoisotopic (exact) mass is 414 g/mol. The number of ether oxygens (including phenoxy) is 2. The maximum atomic E-state index is 13.0. The van der Waals surface area contributed by atoms with E-state index in [-0.39, 0.29) is 29.9 Å². The van der Waals surface area contributed by atoms with Crippen LogP contribution >= 0.6 is 0 Å². The fourth-order valence-electron chi connectivity index (χ4n) is 4.78. The first-order valence-electron chi connectivity index (χ1n) is 10.7. The Morgan fingerprint density at radius 2 is 1.90 bits per heavy atom. The number of rotatable bonds is 4. The van der Waals surface area contributed by atoms with Crippen molar-refractivity contribution in [3.05, 3.63) is 28.8 Å². The van der Waals surface area contributed by atoms with E-state index in [1.807, 2.05) is 30.9 Å². The zero-order valence-corrected chi connectivity index (χ0v) is 18.0. The molecule has 0 aromatic heterocycles. The quantitative estimate of drug-likeness (QED) is 0.754. The summed E-state index contributed by atoms with van der Waals surface area (Å²) in [6, 6.07) is 3.88. The Balaban J connectivity index is 1.39. The van der Waals surface area contributed by atoms with Crippen LogP contribution in [0, 0.1) is 19.8 Å². The van der Waals surface area contributed by atoms with Crippen molar-refractivity contribution in [2.75, 3.05) is 39.9 Å². The molecule has 0 bridgehead atoms. The van der Waals surface area contributed by atoms with E-state index in [0.717, 1.165) is 11.1 Å². The molecule has 162 valence electrons. The molecular formula is C23H30N2O5. The fourth-order valence-corrected chi connectivity index (χ4v) is 4.78. The van der Waals surface area contributed by atoms with Crippen molar-refractivity contribution in [1.29, 1.82) is 0 Å². The molecule has 1 aromatic rings. The van der Waals surface area contributed by atoms with Gasteiger partial charge in [-0.05, 0) is 37.1 Å². The number of aryl methyl sites for hydroxylation is 2. The summed E-state index contributed by atoms with van der Waals surface area (Å²) in [5.41, 5.74) is 2.34. The second kappa shape index (κ2) is 8.02. The minimum absolute atomic E-state index is 0.0161. The summed E-state index contributed by atoms with van der Waals surface area (Å²) >= 11 is 0. The Morgan fingerprint density at radius 3 is 2.60 bits per heavy atom. The van der Waals surface area contributed by atoms with Crippen LogP contribution in [0.5, 0.6) is 5.75 Å². The van der Waals surface area contributed by atoms with E-state index in [9.17, 15) is 14.4 Å². The summed E-state index contributed by atoms with van der Waals surface area (Å²) in [6.07, 6.45) is 1.89. The maximum absolute atomic E-state index is 13.0. The molecule has 0 radical (unpaired) electrons. The highest BCUT2D eigenvalue weighted by molar-refractivity contribution is 6.00. The Kier molecular flexibility index (Phi) is 5.57. The number of amides is 2. The maximum Gasteiger partial charge on any atom is 0.227 e. The number of benzene rings is 1. The van der Waals surface area contributed by atoms with Gasteiger partial charge >= 0.3 is 0 Å². The predicted octanol–water partition coefficient (Wildman–Crippen LogP) is 2.12. The molecule has 0 saturated carbocycles. The second-order valence-electron chi connectivity index (χ2n) is 8.88. The molecule has 3 aliphatic rings. The van der Waals surface area contributed by atoms with Gasteiger partial charge in [0.1, 0.15) is 11.4 Å². The number of nitrogens with zero attached hydrogens (tertiary/aromatic N) is 2. The smallest absolute Gasteiger partial charge is 0.227 e. The third-order valence-electron chi connectivity index (χ3n) is 6.82. The molecule has 0 aliphatic carbocycles. The summed E-state index contributed by atoms with van der Waals surface area (Å²) in [7, 11) is 1.60. The van der Waals surface area contributed by atoms with Gasteiger partial charge in [0, 0.05) is 52.6 Å². The van der Waals surface area contributed by atoms with Gasteiger partial charge in [0.2, 0.25) is 11.8 Å². The van der Waals surface area contributed by atoms with Gasteiger partial charge in [-0.3, -0.25) is 14.4 Å². The summed E-state index contributed by atoms with van der Waals surface area (Å²) in [5.74, 6) is 0.553. The lowest BCUT2D eigenvalue weighted by atomic mass is 9.81. The molecule has 4 rings (SSSR count). The van der Waals surface area contributed by atoms with Gasteiger partial charge in [0.15, 0.2) is 5.78 Å². The standard InChI is InChI=1S/C23H30N2O5/c1-15-10-18-19(26)13-23(30-20(18)11-16(15)2)4-6-24(7-5-23)22(28)17-12-21(27)25(14-17)8-9-29-3/h10-11,17H,4-9,12-14H2,1-3H3. The largest absolute Gasteiger partial charge is 0.486 e. The van der Waals surface area contributed by atoms with Crippen LogP contribution in [-0.2, 0) is 14.3 Å². The molecular weight excluding hydrogens is 384 g/mol. The van der Waals surface area contributed by atoms with Crippen LogP contribution in [0.4, 0.5) is 0 Å². The lowest BCUT2D eigenvalue weighted by Gasteiger charge is -2.44. The number of carbonyl (C=O) groups is 3. The minimum Gasteiger partial charge on any atom is -0.486 e. The number of methoxy groups -OCH3 is 1. The van der Waals surface area contributed by atoms with E-state index in [2.05, 4.69) is 0 Å². The van der Waals surface area contributed by atoms with Crippen molar-refractivity contribution in [1.82, 2.24) is 9.80 Å². The summed E-state index contributed by atoms with van der Waals surface area (Å²) in [6.45, 7) is 6.58. The van der Waals surface area contributed by atoms with Crippen molar-refractivity contribution in [3.8, 4) is 5.75 Å². The number of hydrogen-bond acceptors (Lipinski definition) is 5. The first-order valence-corrected chi connectivity index (χ1v) is 10.7. The van der Waals surface area contributed by atoms with Gasteiger partial charge in [-0.1, -0.05) is 0 Å². The summed E-state index contributed by atoms with van der Waals surface area (Å²) in [5, 5.41) is 0. The number of Topliss-reactive ketones (excluding diaryl/α,β-unsaturated/α-hetero) is 1. The molecule has 3 heterocycles. The third-order valence-corrected chi connectivity index (χ3v) is 6.82. The zero-order chi connectivity index (χ0) is 21.5. The van der Waals surface area contributed by atoms with Gasteiger partial charge in [-0.25, -0.2) is 0 Å². The Morgan fingerprint density at radius 1 is 1.20 bits per heavy atom. The first-order chi connectivity index (χ1) is 14.3. The van der Waals surface area contributed by atoms with Gasteiger partial charge in [-0.15, -0.1) is 0 Å². The number of carbonyl (C=O) groups excluding carboxylic acids is 3. The molecule has 0 N–H and O–H groups in total. The summed E-state index contributed by atoms with van der Waals surface area (Å²) in [4.78, 5) is 41.5. The van der Waals surface area contributed by atoms with Crippen LogP contribution in [0.1, 0.15) is 47.2 Å². The van der Waals surface area contributed by atoms with Gasteiger partial charge in [0.05, 0.1) is 24.5 Å². The molecule has 2 saturated heterocycles.